The number of phenolic OH excluding ortho intramolecular Hbond substituents is 1. The molecule has 0 unspecified atom stereocenters. The number of methoxy groups -OCH3 is 1. The molecule has 0 aliphatic heterocycles. The molecule has 2 heterocycles. The molecule has 14 nitrogen and oxygen atoms in total. The van der Waals surface area contributed by atoms with Crippen LogP contribution in [0.5, 0.6) is 5.75 Å². The zero-order valence-corrected chi connectivity index (χ0v) is 24.7. The van der Waals surface area contributed by atoms with Gasteiger partial charge in [-0.3, -0.25) is 9.59 Å². The molecule has 0 bridgehead atoms. The molecule has 2 amide bonds. The van der Waals surface area contributed by atoms with Crippen molar-refractivity contribution in [2.45, 2.75) is 38.6 Å². The van der Waals surface area contributed by atoms with Gasteiger partial charge in [0.15, 0.2) is 5.82 Å². The van der Waals surface area contributed by atoms with Crippen molar-refractivity contribution in [3.63, 3.8) is 0 Å². The molecule has 0 aliphatic carbocycles. The van der Waals surface area contributed by atoms with Crippen LogP contribution < -0.4 is 16.4 Å². The Kier molecular flexibility index (Phi) is 11.7. The van der Waals surface area contributed by atoms with Gasteiger partial charge in [-0.25, -0.2) is 9.97 Å². The number of nitrogen functional groups attached to an aromatic ring is 1. The van der Waals surface area contributed by atoms with E-state index in [1.807, 2.05) is 24.3 Å². The molecule has 232 valence electrons. The number of nitrogens with zero attached hydrogens (tertiary/aromatic N) is 6. The molecular weight excluding hydrogens is 566 g/mol. The van der Waals surface area contributed by atoms with Gasteiger partial charge in [0.1, 0.15) is 17.1 Å². The number of unbranched alkanes of at least 4 members (excludes halogenated alkanes) is 2. The Hall–Kier alpha value is -4.91. The summed E-state index contributed by atoms with van der Waals surface area (Å²) in [6.45, 7) is 2.70. The molecule has 4 rings (SSSR count). The van der Waals surface area contributed by atoms with E-state index in [0.717, 1.165) is 28.7 Å². The lowest BCUT2D eigenvalue weighted by Crippen LogP contribution is -2.27. The monoisotopic (exact) mass is 603 g/mol. The Morgan fingerprint density at radius 2 is 1.91 bits per heavy atom. The molecule has 0 fully saturated rings. The van der Waals surface area contributed by atoms with E-state index in [1.54, 1.807) is 7.11 Å². The number of phenols is 1. The van der Waals surface area contributed by atoms with Crippen LogP contribution in [0.25, 0.3) is 32.4 Å². The predicted molar refractivity (Wildman–Crippen MR) is 167 cm³/mol. The molecule has 2 aromatic carbocycles. The van der Waals surface area contributed by atoms with Crippen molar-refractivity contribution >= 4 is 45.3 Å². The summed E-state index contributed by atoms with van der Waals surface area (Å²) in [5, 5.41) is 19.9. The van der Waals surface area contributed by atoms with Gasteiger partial charge in [-0.05, 0) is 36.6 Å². The first-order valence-corrected chi connectivity index (χ1v) is 14.5. The molecule has 2 aromatic heterocycles. The van der Waals surface area contributed by atoms with E-state index < -0.39 is 5.91 Å². The van der Waals surface area contributed by atoms with E-state index in [9.17, 15) is 14.7 Å². The summed E-state index contributed by atoms with van der Waals surface area (Å²) in [6.07, 6.45) is 3.12. The number of anilines is 1. The van der Waals surface area contributed by atoms with Crippen LogP contribution in [0, 0.1) is 0 Å². The molecule has 14 heteroatoms. The third-order valence-corrected chi connectivity index (χ3v) is 7.00. The Morgan fingerprint density at radius 1 is 1.07 bits per heavy atom. The number of carbonyl (C=O) groups excluding carboxylic acids is 2. The molecule has 0 radical (unpaired) electrons. The van der Waals surface area contributed by atoms with E-state index in [0.29, 0.717) is 76.5 Å². The van der Waals surface area contributed by atoms with E-state index in [2.05, 4.69) is 30.2 Å². The number of carbonyl (C=O) groups is 2. The zero-order chi connectivity index (χ0) is 31.3. The van der Waals surface area contributed by atoms with Gasteiger partial charge in [0.25, 0.3) is 5.91 Å². The molecule has 0 spiro atoms. The fourth-order valence-electron chi connectivity index (χ4n) is 4.85. The highest BCUT2D eigenvalue weighted by Gasteiger charge is 2.17. The summed E-state index contributed by atoms with van der Waals surface area (Å²) < 4.78 is 13.2. The fraction of sp³-hybridized carbons (Fsp3) is 0.400. The van der Waals surface area contributed by atoms with Crippen molar-refractivity contribution in [2.75, 3.05) is 45.8 Å². The highest BCUT2D eigenvalue weighted by Crippen LogP contribution is 2.29. The average molecular weight is 604 g/mol. The third kappa shape index (κ3) is 8.34. The summed E-state index contributed by atoms with van der Waals surface area (Å²) in [6, 6.07) is 11.9. The molecule has 44 heavy (non-hydrogen) atoms. The number of para-hydroxylation sites is 1. The zero-order valence-electron chi connectivity index (χ0n) is 24.7. The molecular formula is C30H37N9O5. The lowest BCUT2D eigenvalue weighted by molar-refractivity contribution is -0.121. The molecule has 0 atom stereocenters. The second-order valence-corrected chi connectivity index (χ2v) is 10.1. The lowest BCUT2D eigenvalue weighted by Gasteiger charge is -2.12. The number of fused-ring (bicyclic) bond motifs is 3. The highest BCUT2D eigenvalue weighted by molar-refractivity contribution is 6.06. The van der Waals surface area contributed by atoms with E-state index in [1.165, 1.54) is 18.2 Å². The maximum absolute atomic E-state index is 12.3. The van der Waals surface area contributed by atoms with Gasteiger partial charge in [-0.1, -0.05) is 35.8 Å². The number of nitrogens with one attached hydrogen (secondary N) is 2. The van der Waals surface area contributed by atoms with Crippen molar-refractivity contribution in [3.05, 3.63) is 64.3 Å². The Labute approximate surface area is 254 Å². The molecule has 0 aliphatic rings. The van der Waals surface area contributed by atoms with Crippen LogP contribution in [-0.2, 0) is 27.2 Å². The van der Waals surface area contributed by atoms with Crippen molar-refractivity contribution in [1.29, 1.82) is 0 Å². The number of nitrogens with two attached hydrogens (primary N) is 1. The second kappa shape index (κ2) is 16.1. The summed E-state index contributed by atoms with van der Waals surface area (Å²) in [7, 11) is 1.65. The van der Waals surface area contributed by atoms with E-state index in [-0.39, 0.29) is 22.9 Å². The van der Waals surface area contributed by atoms with Crippen LogP contribution >= 0.6 is 0 Å². The maximum Gasteiger partial charge on any atom is 0.255 e. The number of ether oxygens (including phenoxy) is 2. The number of amides is 2. The topological polar surface area (TPSA) is 202 Å². The number of hydrogen-bond donors (Lipinski definition) is 4. The first kappa shape index (κ1) is 32.0. The van der Waals surface area contributed by atoms with Crippen LogP contribution in [0.15, 0.2) is 47.6 Å². The SMILES string of the molecule is COCCc1nc2c(N)nc3ccccc3c2n1CCOCCNC(=O)CCCCCNC(=O)c1ccc(N=[N+]=[N-])cc1O. The smallest absolute Gasteiger partial charge is 0.255 e. The van der Waals surface area contributed by atoms with Crippen molar-refractivity contribution in [2.24, 2.45) is 5.11 Å². The summed E-state index contributed by atoms with van der Waals surface area (Å²) in [5.74, 6) is 0.503. The number of aromatic nitrogens is 3. The van der Waals surface area contributed by atoms with Gasteiger partial charge in [0.2, 0.25) is 5.91 Å². The van der Waals surface area contributed by atoms with Crippen LogP contribution in [0.1, 0.15) is 41.9 Å². The minimum Gasteiger partial charge on any atom is -0.507 e. The number of hydrogen-bond acceptors (Lipinski definition) is 9. The first-order valence-electron chi connectivity index (χ1n) is 14.5. The molecule has 0 saturated heterocycles. The normalized spacial score (nSPS) is 11.0. The van der Waals surface area contributed by atoms with Gasteiger partial charge < -0.3 is 35.5 Å². The maximum atomic E-state index is 12.3. The fourth-order valence-corrected chi connectivity index (χ4v) is 4.85. The van der Waals surface area contributed by atoms with Crippen LogP contribution in [-0.4, -0.2) is 71.5 Å². The number of imidazole rings is 1. The van der Waals surface area contributed by atoms with Gasteiger partial charge in [0, 0.05) is 55.6 Å². The van der Waals surface area contributed by atoms with Gasteiger partial charge >= 0.3 is 0 Å². The van der Waals surface area contributed by atoms with Crippen LogP contribution in [0.4, 0.5) is 11.5 Å². The molecule has 5 N–H and O–H groups in total. The van der Waals surface area contributed by atoms with Crippen molar-refractivity contribution < 1.29 is 24.2 Å². The van der Waals surface area contributed by atoms with Crippen molar-refractivity contribution in [3.8, 4) is 5.75 Å². The number of rotatable bonds is 17. The summed E-state index contributed by atoms with van der Waals surface area (Å²) in [5.41, 5.74) is 17.4. The number of pyridine rings is 1. The Morgan fingerprint density at radius 3 is 2.70 bits per heavy atom. The average Bonchev–Trinajstić information content (AvgIpc) is 3.38. The van der Waals surface area contributed by atoms with Gasteiger partial charge in [-0.15, -0.1) is 0 Å². The Bertz CT molecular complexity index is 1650. The largest absolute Gasteiger partial charge is 0.507 e. The minimum absolute atomic E-state index is 0.0559. The minimum atomic E-state index is -0.422. The quantitative estimate of drug-likeness (QED) is 0.0597. The van der Waals surface area contributed by atoms with E-state index in [4.69, 9.17) is 25.7 Å². The number of aromatic hydroxyl groups is 1. The van der Waals surface area contributed by atoms with E-state index >= 15 is 0 Å². The predicted octanol–water partition coefficient (Wildman–Crippen LogP) is 4.13. The summed E-state index contributed by atoms with van der Waals surface area (Å²) in [4.78, 5) is 36.4. The number of azide groups is 1. The summed E-state index contributed by atoms with van der Waals surface area (Å²) >= 11 is 0. The van der Waals surface area contributed by atoms with Crippen molar-refractivity contribution in [1.82, 2.24) is 25.2 Å². The molecule has 0 saturated carbocycles. The third-order valence-electron chi connectivity index (χ3n) is 7.00. The van der Waals surface area contributed by atoms with Gasteiger partial charge in [0.05, 0.1) is 36.4 Å². The number of benzene rings is 2. The van der Waals surface area contributed by atoms with Gasteiger partial charge in [-0.2, -0.15) is 0 Å². The highest BCUT2D eigenvalue weighted by atomic mass is 16.5. The lowest BCUT2D eigenvalue weighted by atomic mass is 10.1. The van der Waals surface area contributed by atoms with Crippen LogP contribution in [0.3, 0.4) is 0 Å². The standard InChI is InChI=1S/C30H37N9O5/c1-43-16-12-25-36-27-28(21-7-4-5-8-23(21)35-29(27)31)39(25)15-18-44-17-14-33-26(41)9-3-2-6-13-34-30(42)22-11-10-20(37-38-32)19-24(22)40/h4-5,7-8,10-11,19,40H,2-3,6,9,12-18H2,1H3,(H2,31,35)(H,33,41)(H,34,42). The van der Waals surface area contributed by atoms with Crippen LogP contribution in [0.2, 0.25) is 0 Å². The molecule has 4 aromatic rings. The Balaban J connectivity index is 1.14. The first-order chi connectivity index (χ1) is 21.4. The second-order valence-electron chi connectivity index (χ2n) is 10.1.